The number of halogens is 1. The highest BCUT2D eigenvalue weighted by atomic mass is 19.1. The molecule has 2 aliphatic heterocycles. The van der Waals surface area contributed by atoms with Crippen molar-refractivity contribution in [2.75, 3.05) is 19.7 Å². The first kappa shape index (κ1) is 13.3. The van der Waals surface area contributed by atoms with Gasteiger partial charge < -0.3 is 15.4 Å². The van der Waals surface area contributed by atoms with Gasteiger partial charge in [0.2, 0.25) is 0 Å². The van der Waals surface area contributed by atoms with Crippen LogP contribution >= 0.6 is 0 Å². The van der Waals surface area contributed by atoms with Gasteiger partial charge in [-0.2, -0.15) is 0 Å². The summed E-state index contributed by atoms with van der Waals surface area (Å²) in [6, 6.07) is 1.50. The van der Waals surface area contributed by atoms with E-state index in [2.05, 4.69) is 9.98 Å². The quantitative estimate of drug-likeness (QED) is 0.903. The van der Waals surface area contributed by atoms with E-state index in [1.807, 2.05) is 11.8 Å². The predicted molar refractivity (Wildman–Crippen MR) is 73.7 cm³/mol. The monoisotopic (exact) mass is 278 g/mol. The zero-order chi connectivity index (χ0) is 14.2. The van der Waals surface area contributed by atoms with E-state index < -0.39 is 5.54 Å². The van der Waals surface area contributed by atoms with Gasteiger partial charge in [0.05, 0.1) is 24.4 Å². The SMILES string of the molecule is CC1(c2cncc(F)c2)CN=C(N)N1CC1CCCO1. The predicted octanol–water partition coefficient (Wildman–Crippen LogP) is 1.25. The first-order valence-corrected chi connectivity index (χ1v) is 6.90. The molecule has 0 amide bonds. The molecule has 0 aliphatic carbocycles. The van der Waals surface area contributed by atoms with E-state index in [9.17, 15) is 4.39 Å². The van der Waals surface area contributed by atoms with Gasteiger partial charge in [-0.15, -0.1) is 0 Å². The van der Waals surface area contributed by atoms with Crippen molar-refractivity contribution in [2.24, 2.45) is 10.7 Å². The topological polar surface area (TPSA) is 63.7 Å². The van der Waals surface area contributed by atoms with Crippen LogP contribution < -0.4 is 5.73 Å². The summed E-state index contributed by atoms with van der Waals surface area (Å²) in [4.78, 5) is 10.3. The molecule has 2 aliphatic rings. The van der Waals surface area contributed by atoms with Gasteiger partial charge in [-0.1, -0.05) is 0 Å². The van der Waals surface area contributed by atoms with Crippen LogP contribution in [0.25, 0.3) is 0 Å². The van der Waals surface area contributed by atoms with E-state index in [0.29, 0.717) is 19.0 Å². The second kappa shape index (κ2) is 5.01. The van der Waals surface area contributed by atoms with Crippen LogP contribution in [-0.4, -0.2) is 41.6 Å². The maximum absolute atomic E-state index is 13.4. The summed E-state index contributed by atoms with van der Waals surface area (Å²) in [6.45, 7) is 4.01. The van der Waals surface area contributed by atoms with Gasteiger partial charge in [-0.05, 0) is 25.8 Å². The van der Waals surface area contributed by atoms with Crippen LogP contribution in [0.3, 0.4) is 0 Å². The van der Waals surface area contributed by atoms with Crippen molar-refractivity contribution in [2.45, 2.75) is 31.4 Å². The molecule has 0 aromatic carbocycles. The summed E-state index contributed by atoms with van der Waals surface area (Å²) in [5, 5.41) is 0. The molecular weight excluding hydrogens is 259 g/mol. The number of hydrogen-bond donors (Lipinski definition) is 1. The van der Waals surface area contributed by atoms with Crippen LogP contribution in [0, 0.1) is 5.82 Å². The zero-order valence-corrected chi connectivity index (χ0v) is 11.6. The Morgan fingerprint density at radius 3 is 3.10 bits per heavy atom. The van der Waals surface area contributed by atoms with E-state index in [1.54, 1.807) is 6.20 Å². The highest BCUT2D eigenvalue weighted by molar-refractivity contribution is 5.81. The van der Waals surface area contributed by atoms with Crippen LogP contribution in [0.2, 0.25) is 0 Å². The highest BCUT2D eigenvalue weighted by Crippen LogP contribution is 2.33. The number of ether oxygens (including phenoxy) is 1. The smallest absolute Gasteiger partial charge is 0.192 e. The van der Waals surface area contributed by atoms with E-state index in [4.69, 9.17) is 10.5 Å². The van der Waals surface area contributed by atoms with E-state index in [1.165, 1.54) is 12.3 Å². The molecule has 2 unspecified atom stereocenters. The number of rotatable bonds is 3. The molecular formula is C14H19FN4O. The van der Waals surface area contributed by atoms with Crippen molar-refractivity contribution in [1.82, 2.24) is 9.88 Å². The first-order chi connectivity index (χ1) is 9.59. The van der Waals surface area contributed by atoms with Gasteiger partial charge in [0.25, 0.3) is 0 Å². The summed E-state index contributed by atoms with van der Waals surface area (Å²) in [7, 11) is 0. The Balaban J connectivity index is 1.86. The first-order valence-electron chi connectivity index (χ1n) is 6.90. The Morgan fingerprint density at radius 1 is 1.55 bits per heavy atom. The largest absolute Gasteiger partial charge is 0.376 e. The molecule has 1 fully saturated rings. The average molecular weight is 278 g/mol. The van der Waals surface area contributed by atoms with Gasteiger partial charge in [0, 0.05) is 24.9 Å². The highest BCUT2D eigenvalue weighted by Gasteiger charge is 2.41. The number of aromatic nitrogens is 1. The summed E-state index contributed by atoms with van der Waals surface area (Å²) in [6.07, 6.45) is 5.16. The second-order valence-corrected chi connectivity index (χ2v) is 5.59. The minimum atomic E-state index is -0.453. The fourth-order valence-electron chi connectivity index (χ4n) is 2.90. The van der Waals surface area contributed by atoms with Gasteiger partial charge in [-0.3, -0.25) is 9.98 Å². The molecule has 0 bridgehead atoms. The molecule has 3 heterocycles. The Morgan fingerprint density at radius 2 is 2.40 bits per heavy atom. The van der Waals surface area contributed by atoms with Crippen molar-refractivity contribution in [3.63, 3.8) is 0 Å². The maximum atomic E-state index is 13.4. The molecule has 1 saturated heterocycles. The molecule has 108 valence electrons. The molecule has 2 N–H and O–H groups in total. The van der Waals surface area contributed by atoms with E-state index in [0.717, 1.165) is 25.0 Å². The van der Waals surface area contributed by atoms with E-state index >= 15 is 0 Å². The molecule has 1 aromatic heterocycles. The van der Waals surface area contributed by atoms with Crippen molar-refractivity contribution < 1.29 is 9.13 Å². The summed E-state index contributed by atoms with van der Waals surface area (Å²) < 4.78 is 19.1. The number of aliphatic imine (C=N–C) groups is 1. The third-order valence-electron chi connectivity index (χ3n) is 4.16. The zero-order valence-electron chi connectivity index (χ0n) is 11.6. The third kappa shape index (κ3) is 2.24. The lowest BCUT2D eigenvalue weighted by atomic mass is 9.92. The number of nitrogens with zero attached hydrogens (tertiary/aromatic N) is 3. The molecule has 20 heavy (non-hydrogen) atoms. The standard InChI is InChI=1S/C14H19FN4O/c1-14(10-5-11(15)7-17-6-10)9-18-13(16)19(14)8-12-3-2-4-20-12/h5-7,12H,2-4,8-9H2,1H3,(H2,16,18). The fourth-order valence-corrected chi connectivity index (χ4v) is 2.90. The molecule has 1 aromatic rings. The average Bonchev–Trinajstić information content (AvgIpc) is 3.03. The second-order valence-electron chi connectivity index (χ2n) is 5.59. The fraction of sp³-hybridized carbons (Fsp3) is 0.571. The molecule has 0 spiro atoms. The van der Waals surface area contributed by atoms with Crippen molar-refractivity contribution >= 4 is 5.96 Å². The lowest BCUT2D eigenvalue weighted by molar-refractivity contribution is 0.0689. The van der Waals surface area contributed by atoms with Gasteiger partial charge in [-0.25, -0.2) is 4.39 Å². The van der Waals surface area contributed by atoms with Crippen molar-refractivity contribution in [1.29, 1.82) is 0 Å². The minimum Gasteiger partial charge on any atom is -0.376 e. The molecule has 6 heteroatoms. The number of hydrogen-bond acceptors (Lipinski definition) is 5. The van der Waals surface area contributed by atoms with Crippen LogP contribution in [-0.2, 0) is 10.3 Å². The molecule has 2 atom stereocenters. The third-order valence-corrected chi connectivity index (χ3v) is 4.16. The van der Waals surface area contributed by atoms with Crippen LogP contribution in [0.5, 0.6) is 0 Å². The van der Waals surface area contributed by atoms with Gasteiger partial charge in [0.15, 0.2) is 5.96 Å². The van der Waals surface area contributed by atoms with Crippen molar-refractivity contribution in [3.8, 4) is 0 Å². The molecule has 5 nitrogen and oxygen atoms in total. The number of guanidine groups is 1. The Kier molecular flexibility index (Phi) is 3.33. The van der Waals surface area contributed by atoms with Gasteiger partial charge >= 0.3 is 0 Å². The summed E-state index contributed by atoms with van der Waals surface area (Å²) in [5.41, 5.74) is 6.35. The van der Waals surface area contributed by atoms with Gasteiger partial charge in [0.1, 0.15) is 5.82 Å². The lowest BCUT2D eigenvalue weighted by Crippen LogP contribution is -2.50. The molecule has 0 saturated carbocycles. The van der Waals surface area contributed by atoms with Crippen LogP contribution in [0.1, 0.15) is 25.3 Å². The Hall–Kier alpha value is -1.69. The van der Waals surface area contributed by atoms with E-state index in [-0.39, 0.29) is 11.9 Å². The van der Waals surface area contributed by atoms with Crippen LogP contribution in [0.4, 0.5) is 4.39 Å². The number of pyridine rings is 1. The Bertz CT molecular complexity index is 530. The van der Waals surface area contributed by atoms with Crippen molar-refractivity contribution in [3.05, 3.63) is 29.8 Å². The normalized spacial score (nSPS) is 29.8. The summed E-state index contributed by atoms with van der Waals surface area (Å²) in [5.74, 6) is 0.151. The minimum absolute atomic E-state index is 0.169. The van der Waals surface area contributed by atoms with Crippen LogP contribution in [0.15, 0.2) is 23.5 Å². The summed E-state index contributed by atoms with van der Waals surface area (Å²) >= 11 is 0. The molecule has 0 radical (unpaired) electrons. The molecule has 3 rings (SSSR count). The number of nitrogens with two attached hydrogens (primary N) is 1. The maximum Gasteiger partial charge on any atom is 0.192 e. The lowest BCUT2D eigenvalue weighted by Gasteiger charge is -2.37. The Labute approximate surface area is 117 Å².